The predicted octanol–water partition coefficient (Wildman–Crippen LogP) is 4.07. The molecule has 11 nitrogen and oxygen atoms in total. The number of carbonyl (C=O) groups excluding carboxylic acids is 2. The molecule has 274 valence electrons. The van der Waals surface area contributed by atoms with E-state index in [1.165, 1.54) is 12.1 Å². The molecular formula is C41H48N4O7. The molecule has 8 rings (SSSR count). The molecule has 1 amide bonds. The van der Waals surface area contributed by atoms with E-state index >= 15 is 0 Å². The highest BCUT2D eigenvalue weighted by Crippen LogP contribution is 2.39. The first-order valence-electron chi connectivity index (χ1n) is 18.5. The normalized spacial score (nSPS) is 21.0. The van der Waals surface area contributed by atoms with Crippen molar-refractivity contribution < 1.29 is 29.3 Å². The number of aliphatic hydroxyl groups is 1. The summed E-state index contributed by atoms with van der Waals surface area (Å²) in [5, 5.41) is 24.7. The number of rotatable bonds is 15. The van der Waals surface area contributed by atoms with Gasteiger partial charge in [0.15, 0.2) is 0 Å². The van der Waals surface area contributed by atoms with Gasteiger partial charge in [-0.25, -0.2) is 0 Å². The van der Waals surface area contributed by atoms with Gasteiger partial charge in [-0.05, 0) is 98.6 Å². The zero-order valence-electron chi connectivity index (χ0n) is 29.5. The van der Waals surface area contributed by atoms with Gasteiger partial charge in [0.2, 0.25) is 11.5 Å². The SMILES string of the molecule is O=C(Cc1ccc(OCCCCCNC[C@H](O)c2ccc(O)c3[nH]c(=O)ccc23)cc1)N1CC(C(=O)O[C@H]2CN3CCC2CC3)(c2ccccc2)C1. The second-order valence-electron chi connectivity index (χ2n) is 14.5. The number of nitrogens with zero attached hydrogens (tertiary/aromatic N) is 2. The maximum atomic E-state index is 13.7. The molecular weight excluding hydrogens is 660 g/mol. The van der Waals surface area contributed by atoms with E-state index in [-0.39, 0.29) is 35.7 Å². The van der Waals surface area contributed by atoms with Crippen molar-refractivity contribution >= 4 is 22.8 Å². The second-order valence-corrected chi connectivity index (χ2v) is 14.5. The number of aromatic amines is 1. The number of hydrogen-bond acceptors (Lipinski definition) is 9. The van der Waals surface area contributed by atoms with Gasteiger partial charge in [-0.2, -0.15) is 0 Å². The van der Waals surface area contributed by atoms with Crippen molar-refractivity contribution in [3.63, 3.8) is 0 Å². The Labute approximate surface area is 303 Å². The van der Waals surface area contributed by atoms with Crippen LogP contribution in [0.2, 0.25) is 0 Å². The molecule has 11 heteroatoms. The van der Waals surface area contributed by atoms with Crippen LogP contribution in [-0.4, -0.2) is 95.4 Å². The Morgan fingerprint density at radius 2 is 1.71 bits per heavy atom. The van der Waals surface area contributed by atoms with Crippen LogP contribution in [0.4, 0.5) is 0 Å². The number of unbranched alkanes of at least 4 members (excludes halogenated alkanes) is 2. The first kappa shape index (κ1) is 35.7. The van der Waals surface area contributed by atoms with Crippen molar-refractivity contribution in [2.24, 2.45) is 5.92 Å². The van der Waals surface area contributed by atoms with E-state index in [2.05, 4.69) is 15.2 Å². The highest BCUT2D eigenvalue weighted by molar-refractivity contribution is 5.90. The largest absolute Gasteiger partial charge is 0.506 e. The summed E-state index contributed by atoms with van der Waals surface area (Å²) in [7, 11) is 0. The molecule has 1 aromatic heterocycles. The van der Waals surface area contributed by atoms with Crippen molar-refractivity contribution in [3.8, 4) is 11.5 Å². The molecule has 2 bridgehead atoms. The van der Waals surface area contributed by atoms with Gasteiger partial charge in [0.05, 0.1) is 24.6 Å². The lowest BCUT2D eigenvalue weighted by atomic mass is 9.73. The first-order chi connectivity index (χ1) is 25.3. The van der Waals surface area contributed by atoms with Crippen LogP contribution in [0.1, 0.15) is 54.9 Å². The number of amides is 1. The highest BCUT2D eigenvalue weighted by atomic mass is 16.5. The third kappa shape index (κ3) is 7.86. The van der Waals surface area contributed by atoms with E-state index in [9.17, 15) is 24.6 Å². The van der Waals surface area contributed by atoms with Gasteiger partial charge < -0.3 is 34.9 Å². The third-order valence-corrected chi connectivity index (χ3v) is 11.0. The number of ether oxygens (including phenoxy) is 2. The number of H-pyrrole nitrogens is 1. The number of hydrogen-bond donors (Lipinski definition) is 4. The molecule has 3 aromatic carbocycles. The summed E-state index contributed by atoms with van der Waals surface area (Å²) in [4.78, 5) is 45.5. The molecule has 5 heterocycles. The van der Waals surface area contributed by atoms with Crippen LogP contribution in [0.25, 0.3) is 10.9 Å². The van der Waals surface area contributed by atoms with Gasteiger partial charge >= 0.3 is 5.97 Å². The standard InChI is InChI=1S/C41H48N4O7/c46-34-15-13-32(33-14-16-37(48)43-39(33)34)35(47)24-42-19-5-2-6-22-51-31-11-9-28(10-12-31)23-38(49)45-26-41(27-45,30-7-3-1-4-8-30)40(50)52-36-25-44-20-17-29(36)18-21-44/h1,3-4,7-16,29,35-36,42,46-47H,2,5-6,17-27H2,(H,43,48)/t35-,36-/m0/s1. The molecule has 52 heavy (non-hydrogen) atoms. The van der Waals surface area contributed by atoms with Crippen LogP contribution in [0.15, 0.2) is 83.7 Å². The summed E-state index contributed by atoms with van der Waals surface area (Å²) in [6.07, 6.45) is 4.29. The summed E-state index contributed by atoms with van der Waals surface area (Å²) in [6.45, 7) is 5.28. The van der Waals surface area contributed by atoms with E-state index in [0.29, 0.717) is 48.6 Å². The van der Waals surface area contributed by atoms with Crippen molar-refractivity contribution in [2.75, 3.05) is 52.4 Å². The van der Waals surface area contributed by atoms with E-state index in [1.807, 2.05) is 54.6 Å². The molecule has 4 fully saturated rings. The number of aliphatic hydroxyl groups excluding tert-OH is 1. The van der Waals surface area contributed by atoms with Crippen LogP contribution < -0.4 is 15.6 Å². The summed E-state index contributed by atoms with van der Waals surface area (Å²) in [5.74, 6) is 0.931. The predicted molar refractivity (Wildman–Crippen MR) is 197 cm³/mol. The minimum absolute atomic E-state index is 0.00949. The number of aromatic nitrogens is 1. The number of aromatic hydroxyl groups is 1. The quantitative estimate of drug-likeness (QED) is 0.106. The van der Waals surface area contributed by atoms with Crippen molar-refractivity contribution in [2.45, 2.75) is 56.1 Å². The average molecular weight is 709 g/mol. The van der Waals surface area contributed by atoms with Gasteiger partial charge in [0, 0.05) is 37.6 Å². The zero-order valence-corrected chi connectivity index (χ0v) is 29.5. The summed E-state index contributed by atoms with van der Waals surface area (Å²) in [6, 6.07) is 23.5. The number of phenols is 1. The van der Waals surface area contributed by atoms with Crippen molar-refractivity contribution in [3.05, 3.63) is 106 Å². The molecule has 4 aliphatic heterocycles. The molecule has 4 aliphatic rings. The topological polar surface area (TPSA) is 144 Å². The number of fused-ring (bicyclic) bond motifs is 4. The maximum Gasteiger partial charge on any atom is 0.320 e. The molecule has 2 atom stereocenters. The fourth-order valence-electron chi connectivity index (χ4n) is 7.87. The molecule has 0 unspecified atom stereocenters. The number of esters is 1. The molecule has 4 saturated heterocycles. The van der Waals surface area contributed by atoms with Crippen LogP contribution in [0.5, 0.6) is 11.5 Å². The van der Waals surface area contributed by atoms with Crippen LogP contribution in [0.3, 0.4) is 0 Å². The number of pyridine rings is 1. The summed E-state index contributed by atoms with van der Waals surface area (Å²) >= 11 is 0. The number of likely N-dealkylation sites (tertiary alicyclic amines) is 1. The average Bonchev–Trinajstić information content (AvgIpc) is 3.14. The van der Waals surface area contributed by atoms with Gasteiger partial charge in [-0.1, -0.05) is 48.5 Å². The van der Waals surface area contributed by atoms with E-state index in [1.54, 1.807) is 17.0 Å². The smallest absolute Gasteiger partial charge is 0.320 e. The lowest BCUT2D eigenvalue weighted by Crippen LogP contribution is -2.66. The van der Waals surface area contributed by atoms with Crippen LogP contribution >= 0.6 is 0 Å². The zero-order chi connectivity index (χ0) is 36.1. The molecule has 0 spiro atoms. The minimum Gasteiger partial charge on any atom is -0.506 e. The third-order valence-electron chi connectivity index (χ3n) is 11.0. The Bertz CT molecular complexity index is 1900. The molecule has 0 saturated carbocycles. The lowest BCUT2D eigenvalue weighted by molar-refractivity contribution is -0.175. The Kier molecular flexibility index (Phi) is 10.9. The van der Waals surface area contributed by atoms with Gasteiger partial charge in [-0.3, -0.25) is 19.3 Å². The number of piperidine rings is 3. The van der Waals surface area contributed by atoms with E-state index in [0.717, 1.165) is 75.2 Å². The van der Waals surface area contributed by atoms with Crippen molar-refractivity contribution in [1.82, 2.24) is 20.1 Å². The second kappa shape index (κ2) is 15.9. The number of nitrogens with one attached hydrogen (secondary N) is 2. The molecule has 0 radical (unpaired) electrons. The fourth-order valence-corrected chi connectivity index (χ4v) is 7.87. The van der Waals surface area contributed by atoms with E-state index in [4.69, 9.17) is 9.47 Å². The van der Waals surface area contributed by atoms with Crippen LogP contribution in [-0.2, 0) is 26.2 Å². The monoisotopic (exact) mass is 708 g/mol. The van der Waals surface area contributed by atoms with Crippen LogP contribution in [0, 0.1) is 5.92 Å². The highest BCUT2D eigenvalue weighted by Gasteiger charge is 2.54. The summed E-state index contributed by atoms with van der Waals surface area (Å²) < 4.78 is 12.1. The first-order valence-corrected chi connectivity index (χ1v) is 18.5. The Morgan fingerprint density at radius 1 is 0.942 bits per heavy atom. The van der Waals surface area contributed by atoms with E-state index < -0.39 is 11.5 Å². The molecule has 4 N–H and O–H groups in total. The number of benzene rings is 3. The lowest BCUT2D eigenvalue weighted by Gasteiger charge is -2.50. The minimum atomic E-state index is -0.829. The molecule has 4 aromatic rings. The number of carbonyl (C=O) groups is 2. The fraction of sp³-hybridized carbons (Fsp3) is 0.439. The number of phenolic OH excluding ortho intramolecular Hbond substituents is 1. The maximum absolute atomic E-state index is 13.7. The van der Waals surface area contributed by atoms with Gasteiger partial charge in [0.1, 0.15) is 23.0 Å². The molecule has 0 aliphatic carbocycles. The van der Waals surface area contributed by atoms with Crippen molar-refractivity contribution in [1.29, 1.82) is 0 Å². The Hall–Kier alpha value is -4.71. The summed E-state index contributed by atoms with van der Waals surface area (Å²) in [5.41, 5.74) is 1.62. The Balaban J connectivity index is 0.812. The van der Waals surface area contributed by atoms with Gasteiger partial charge in [-0.15, -0.1) is 0 Å². The van der Waals surface area contributed by atoms with Gasteiger partial charge in [0.25, 0.3) is 0 Å². The Morgan fingerprint density at radius 3 is 2.44 bits per heavy atom.